The summed E-state index contributed by atoms with van der Waals surface area (Å²) < 4.78 is 45.6. The highest BCUT2D eigenvalue weighted by atomic mass is 19.4. The van der Waals surface area contributed by atoms with E-state index in [1.807, 2.05) is 37.4 Å². The number of piperidine rings is 2. The highest BCUT2D eigenvalue weighted by molar-refractivity contribution is 5.88. The van der Waals surface area contributed by atoms with Gasteiger partial charge in [0.2, 0.25) is 0 Å². The van der Waals surface area contributed by atoms with Crippen LogP contribution in [0.25, 0.3) is 10.9 Å². The maximum absolute atomic E-state index is 13.3. The minimum absolute atomic E-state index is 0.192. The van der Waals surface area contributed by atoms with E-state index in [1.165, 1.54) is 0 Å². The number of nitrogens with zero attached hydrogens (tertiary/aromatic N) is 2. The second-order valence-corrected chi connectivity index (χ2v) is 9.96. The molecular weight excluding hydrogens is 471 g/mol. The highest BCUT2D eigenvalue weighted by Gasteiger charge is 2.50. The molecule has 6 nitrogen and oxygen atoms in total. The Kier molecular flexibility index (Phi) is 6.24. The Labute approximate surface area is 207 Å². The van der Waals surface area contributed by atoms with E-state index < -0.39 is 24.2 Å². The van der Waals surface area contributed by atoms with Crippen molar-refractivity contribution in [3.05, 3.63) is 64.8 Å². The van der Waals surface area contributed by atoms with E-state index >= 15 is 0 Å². The molecule has 3 aromatic rings. The Morgan fingerprint density at radius 3 is 2.64 bits per heavy atom. The molecule has 2 saturated heterocycles. The van der Waals surface area contributed by atoms with Crippen LogP contribution in [0.15, 0.2) is 42.6 Å². The van der Waals surface area contributed by atoms with Gasteiger partial charge >= 0.3 is 12.1 Å². The van der Waals surface area contributed by atoms with Gasteiger partial charge < -0.3 is 14.8 Å². The van der Waals surface area contributed by atoms with Crippen LogP contribution in [0.3, 0.4) is 0 Å². The van der Waals surface area contributed by atoms with Gasteiger partial charge in [-0.1, -0.05) is 12.1 Å². The van der Waals surface area contributed by atoms with E-state index in [0.717, 1.165) is 33.3 Å². The van der Waals surface area contributed by atoms with Gasteiger partial charge in [0.25, 0.3) is 0 Å². The minimum Gasteiger partial charge on any atom is -0.496 e. The molecule has 0 amide bonds. The largest absolute Gasteiger partial charge is 0.496 e. The highest BCUT2D eigenvalue weighted by Crippen LogP contribution is 2.47. The van der Waals surface area contributed by atoms with E-state index in [4.69, 9.17) is 4.74 Å². The summed E-state index contributed by atoms with van der Waals surface area (Å²) in [6.45, 7) is 2.65. The number of alkyl halides is 3. The van der Waals surface area contributed by atoms with Gasteiger partial charge in [-0.2, -0.15) is 13.2 Å². The van der Waals surface area contributed by atoms with E-state index in [1.54, 1.807) is 24.1 Å². The van der Waals surface area contributed by atoms with Crippen molar-refractivity contribution in [1.82, 2.24) is 14.8 Å². The Balaban J connectivity index is 1.55. The third kappa shape index (κ3) is 4.35. The number of benzene rings is 2. The molecule has 3 heterocycles. The Morgan fingerprint density at radius 1 is 1.22 bits per heavy atom. The molecule has 192 valence electrons. The Bertz CT molecular complexity index is 1270. The number of nitrogens with one attached hydrogen (secondary N) is 1. The number of likely N-dealkylation sites (tertiary alicyclic amines) is 2. The molecule has 2 unspecified atom stereocenters. The molecule has 36 heavy (non-hydrogen) atoms. The number of hydrogen-bond donors (Lipinski definition) is 2. The van der Waals surface area contributed by atoms with Crippen molar-refractivity contribution in [2.24, 2.45) is 0 Å². The number of aromatic amines is 1. The van der Waals surface area contributed by atoms with Crippen molar-refractivity contribution in [2.75, 3.05) is 26.7 Å². The van der Waals surface area contributed by atoms with Crippen molar-refractivity contribution in [1.29, 1.82) is 0 Å². The molecular formula is C27H30F3N3O3. The fourth-order valence-corrected chi connectivity index (χ4v) is 6.23. The van der Waals surface area contributed by atoms with Gasteiger partial charge in [0.15, 0.2) is 0 Å². The quantitative estimate of drug-likeness (QED) is 0.479. The number of H-pyrrole nitrogens is 1. The molecule has 2 aliphatic heterocycles. The van der Waals surface area contributed by atoms with Crippen molar-refractivity contribution in [2.45, 2.75) is 50.5 Å². The van der Waals surface area contributed by atoms with Crippen LogP contribution in [0, 0.1) is 6.92 Å². The maximum atomic E-state index is 13.3. The molecule has 0 aliphatic carbocycles. The molecule has 0 spiro atoms. The lowest BCUT2D eigenvalue weighted by molar-refractivity contribution is -0.167. The number of aromatic nitrogens is 1. The smallest absolute Gasteiger partial charge is 0.401 e. The van der Waals surface area contributed by atoms with Crippen LogP contribution in [-0.2, 0) is 12.1 Å². The topological polar surface area (TPSA) is 68.8 Å². The summed E-state index contributed by atoms with van der Waals surface area (Å²) in [6, 6.07) is 10.7. The summed E-state index contributed by atoms with van der Waals surface area (Å²) in [5.74, 6) is -0.218. The summed E-state index contributed by atoms with van der Waals surface area (Å²) in [7, 11) is 1.65. The van der Waals surface area contributed by atoms with E-state index in [-0.39, 0.29) is 11.6 Å². The van der Waals surface area contributed by atoms with Crippen LogP contribution in [0.4, 0.5) is 13.2 Å². The zero-order valence-electron chi connectivity index (χ0n) is 20.4. The fraction of sp³-hybridized carbons (Fsp3) is 0.444. The standard InChI is InChI=1S/C27H30F3N3O3/c1-17-13-23(36-2)22(21-7-10-31-24(17)21)15-33-11-8-20-14-26(33,9-12-32(20)16-27(28,29)30)19-5-3-18(4-6-19)25(34)35/h3-7,10,13,20,31H,8-9,11-12,14-16H2,1-2H3,(H,34,35). The third-order valence-corrected chi connectivity index (χ3v) is 7.97. The summed E-state index contributed by atoms with van der Waals surface area (Å²) in [5, 5.41) is 10.4. The molecule has 2 aromatic carbocycles. The van der Waals surface area contributed by atoms with Gasteiger partial charge in [0.1, 0.15) is 5.75 Å². The number of carbonyl (C=O) groups is 1. The van der Waals surface area contributed by atoms with Crippen LogP contribution < -0.4 is 4.74 Å². The SMILES string of the molecule is COc1cc(C)c2[nH]ccc2c1CN1CCC2CC1(c1ccc(C(=O)O)cc1)CCN2CC(F)(F)F. The number of aromatic carboxylic acids is 1. The Morgan fingerprint density at radius 2 is 1.97 bits per heavy atom. The lowest BCUT2D eigenvalue weighted by Crippen LogP contribution is -2.62. The van der Waals surface area contributed by atoms with Crippen LogP contribution in [0.5, 0.6) is 5.75 Å². The van der Waals surface area contributed by atoms with Gasteiger partial charge in [-0.25, -0.2) is 4.79 Å². The fourth-order valence-electron chi connectivity index (χ4n) is 6.23. The second-order valence-electron chi connectivity index (χ2n) is 9.96. The van der Waals surface area contributed by atoms with Crippen molar-refractivity contribution in [3.63, 3.8) is 0 Å². The number of ether oxygens (including phenoxy) is 1. The van der Waals surface area contributed by atoms with E-state index in [9.17, 15) is 23.1 Å². The molecule has 9 heteroatoms. The van der Waals surface area contributed by atoms with Crippen LogP contribution in [0.2, 0.25) is 0 Å². The van der Waals surface area contributed by atoms with Gasteiger partial charge in [-0.15, -0.1) is 0 Å². The summed E-state index contributed by atoms with van der Waals surface area (Å²) >= 11 is 0. The number of carboxylic acids is 1. The molecule has 1 aromatic heterocycles. The third-order valence-electron chi connectivity index (χ3n) is 7.97. The number of fused-ring (bicyclic) bond motifs is 3. The number of hydrogen-bond acceptors (Lipinski definition) is 4. The first-order valence-corrected chi connectivity index (χ1v) is 12.1. The van der Waals surface area contributed by atoms with E-state index in [0.29, 0.717) is 38.9 Å². The first-order valence-electron chi connectivity index (χ1n) is 12.1. The van der Waals surface area contributed by atoms with Gasteiger partial charge in [0, 0.05) is 53.9 Å². The molecule has 2 atom stereocenters. The molecule has 2 bridgehead atoms. The molecule has 5 rings (SSSR count). The molecule has 0 radical (unpaired) electrons. The zero-order valence-corrected chi connectivity index (χ0v) is 20.4. The van der Waals surface area contributed by atoms with Crippen molar-refractivity contribution in [3.8, 4) is 5.75 Å². The van der Waals surface area contributed by atoms with Crippen molar-refractivity contribution >= 4 is 16.9 Å². The minimum atomic E-state index is -4.24. The number of rotatable bonds is 6. The average molecular weight is 502 g/mol. The monoisotopic (exact) mass is 501 g/mol. The normalized spacial score (nSPS) is 23.2. The molecule has 2 fully saturated rings. The first kappa shape index (κ1) is 24.6. The summed E-state index contributed by atoms with van der Waals surface area (Å²) in [5.41, 5.74) is 3.80. The van der Waals surface area contributed by atoms with Crippen LogP contribution >= 0.6 is 0 Å². The number of methoxy groups -OCH3 is 1. The Hall–Kier alpha value is -3.04. The summed E-state index contributed by atoms with van der Waals surface area (Å²) in [6.07, 6.45) is -0.621. The van der Waals surface area contributed by atoms with Crippen LogP contribution in [-0.4, -0.2) is 64.8 Å². The maximum Gasteiger partial charge on any atom is 0.401 e. The second kappa shape index (κ2) is 9.12. The molecule has 0 saturated carbocycles. The zero-order chi connectivity index (χ0) is 25.7. The lowest BCUT2D eigenvalue weighted by atomic mass is 9.72. The van der Waals surface area contributed by atoms with Crippen molar-refractivity contribution < 1.29 is 27.8 Å². The molecule has 2 aliphatic rings. The van der Waals surface area contributed by atoms with Gasteiger partial charge in [-0.05, 0) is 61.6 Å². The number of aryl methyl sites for hydroxylation is 1. The average Bonchev–Trinajstić information content (AvgIpc) is 3.34. The van der Waals surface area contributed by atoms with E-state index in [2.05, 4.69) is 9.88 Å². The number of carboxylic acid groups (broad SMARTS) is 1. The van der Waals surface area contributed by atoms with Crippen LogP contribution in [0.1, 0.15) is 46.3 Å². The predicted molar refractivity (Wildman–Crippen MR) is 130 cm³/mol. The molecule has 2 N–H and O–H groups in total. The number of halogens is 3. The van der Waals surface area contributed by atoms with Gasteiger partial charge in [-0.3, -0.25) is 9.80 Å². The first-order chi connectivity index (χ1) is 17.1. The lowest BCUT2D eigenvalue weighted by Gasteiger charge is -2.56. The van der Waals surface area contributed by atoms with Gasteiger partial charge in [0.05, 0.1) is 19.2 Å². The summed E-state index contributed by atoms with van der Waals surface area (Å²) in [4.78, 5) is 18.7. The predicted octanol–water partition coefficient (Wildman–Crippen LogP) is 5.31.